The molecule has 0 radical (unpaired) electrons. The van der Waals surface area contributed by atoms with Crippen LogP contribution in [0.4, 0.5) is 5.95 Å². The van der Waals surface area contributed by atoms with Crippen LogP contribution in [0.25, 0.3) is 0 Å². The first kappa shape index (κ1) is 12.5. The zero-order valence-electron chi connectivity index (χ0n) is 12.0. The van der Waals surface area contributed by atoms with Gasteiger partial charge in [-0.2, -0.15) is 0 Å². The summed E-state index contributed by atoms with van der Waals surface area (Å²) in [7, 11) is 0. The first-order valence-electron chi connectivity index (χ1n) is 6.58. The predicted octanol–water partition coefficient (Wildman–Crippen LogP) is 3.31. The van der Waals surface area contributed by atoms with Gasteiger partial charge >= 0.3 is 0 Å². The van der Waals surface area contributed by atoms with Crippen LogP contribution in [-0.2, 0) is 6.54 Å². The molecule has 2 rings (SSSR count). The summed E-state index contributed by atoms with van der Waals surface area (Å²) in [5.41, 5.74) is 1.97. The van der Waals surface area contributed by atoms with Crippen molar-refractivity contribution < 1.29 is 0 Å². The van der Waals surface area contributed by atoms with Crippen LogP contribution in [0.5, 0.6) is 0 Å². The molecule has 0 unspecified atom stereocenters. The largest absolute Gasteiger partial charge is 0.356 e. The van der Waals surface area contributed by atoms with Gasteiger partial charge in [-0.05, 0) is 30.6 Å². The Labute approximate surface area is 105 Å². The lowest BCUT2D eigenvalue weighted by Gasteiger charge is -2.09. The van der Waals surface area contributed by atoms with Crippen molar-refractivity contribution >= 4 is 5.95 Å². The van der Waals surface area contributed by atoms with Crippen LogP contribution in [0, 0.1) is 23.7 Å². The maximum atomic E-state index is 4.53. The summed E-state index contributed by atoms with van der Waals surface area (Å²) in [6, 6.07) is 0. The Kier molecular flexibility index (Phi) is 2.75. The molecule has 1 aliphatic rings. The summed E-state index contributed by atoms with van der Waals surface area (Å²) in [5, 5.41) is 3.34. The van der Waals surface area contributed by atoms with Crippen LogP contribution >= 0.6 is 0 Å². The lowest BCUT2D eigenvalue weighted by molar-refractivity contribution is 0.457. The zero-order valence-corrected chi connectivity index (χ0v) is 12.0. The highest BCUT2D eigenvalue weighted by atomic mass is 15.2. The molecule has 3 heteroatoms. The van der Waals surface area contributed by atoms with Crippen LogP contribution < -0.4 is 5.32 Å². The Morgan fingerprint density at radius 1 is 1.29 bits per heavy atom. The maximum absolute atomic E-state index is 4.53. The molecule has 1 aromatic heterocycles. The van der Waals surface area contributed by atoms with E-state index in [1.807, 2.05) is 0 Å². The van der Waals surface area contributed by atoms with E-state index in [-0.39, 0.29) is 0 Å². The maximum Gasteiger partial charge on any atom is 0.203 e. The first-order valence-corrected chi connectivity index (χ1v) is 6.58. The highest BCUT2D eigenvalue weighted by Gasteiger charge is 2.64. The molecule has 0 aromatic carbocycles. The lowest BCUT2D eigenvalue weighted by Crippen LogP contribution is -2.09. The molecular weight excluding hydrogens is 210 g/mol. The molecule has 3 nitrogen and oxygen atoms in total. The van der Waals surface area contributed by atoms with Gasteiger partial charge in [-0.15, -0.1) is 0 Å². The van der Waals surface area contributed by atoms with Gasteiger partial charge in [-0.1, -0.05) is 27.7 Å². The Morgan fingerprint density at radius 2 is 1.88 bits per heavy atom. The molecule has 1 N–H and O–H groups in total. The van der Waals surface area contributed by atoms with Gasteiger partial charge in [0, 0.05) is 19.3 Å². The van der Waals surface area contributed by atoms with Crippen molar-refractivity contribution in [3.8, 4) is 0 Å². The molecule has 0 spiro atoms. The average molecular weight is 235 g/mol. The van der Waals surface area contributed by atoms with Crippen molar-refractivity contribution in [2.45, 2.75) is 48.1 Å². The van der Waals surface area contributed by atoms with Gasteiger partial charge in [0.15, 0.2) is 0 Å². The smallest absolute Gasteiger partial charge is 0.203 e. The van der Waals surface area contributed by atoms with Crippen LogP contribution in [-0.4, -0.2) is 16.1 Å². The van der Waals surface area contributed by atoms with Crippen molar-refractivity contribution in [3.63, 3.8) is 0 Å². The summed E-state index contributed by atoms with van der Waals surface area (Å²) in [6.07, 6.45) is 2.16. The van der Waals surface area contributed by atoms with Crippen LogP contribution in [0.2, 0.25) is 0 Å². The third-order valence-electron chi connectivity index (χ3n) is 4.93. The van der Waals surface area contributed by atoms with E-state index in [1.165, 1.54) is 0 Å². The predicted molar refractivity (Wildman–Crippen MR) is 72.2 cm³/mol. The zero-order chi connectivity index (χ0) is 12.8. The van der Waals surface area contributed by atoms with Crippen LogP contribution in [0.3, 0.4) is 0 Å². The number of aryl methyl sites for hydroxylation is 1. The van der Waals surface area contributed by atoms with E-state index < -0.39 is 0 Å². The average Bonchev–Trinajstić information content (AvgIpc) is 2.53. The van der Waals surface area contributed by atoms with E-state index in [0.717, 1.165) is 30.6 Å². The Balaban J connectivity index is 2.15. The SMILES string of the molecule is CCNc1nc(C)cn1CC1C(C)(C)C1(C)C. The topological polar surface area (TPSA) is 29.9 Å². The van der Waals surface area contributed by atoms with Crippen LogP contribution in [0.1, 0.15) is 40.3 Å². The monoisotopic (exact) mass is 235 g/mol. The minimum atomic E-state index is 0.439. The molecule has 0 atom stereocenters. The van der Waals surface area contributed by atoms with Gasteiger partial charge in [-0.25, -0.2) is 4.98 Å². The number of nitrogens with one attached hydrogen (secondary N) is 1. The van der Waals surface area contributed by atoms with Gasteiger partial charge in [0.05, 0.1) is 5.69 Å². The van der Waals surface area contributed by atoms with Crippen LogP contribution in [0.15, 0.2) is 6.20 Å². The van der Waals surface area contributed by atoms with Crippen molar-refractivity contribution in [2.24, 2.45) is 16.7 Å². The molecule has 0 bridgehead atoms. The summed E-state index contributed by atoms with van der Waals surface area (Å²) < 4.78 is 2.28. The van der Waals surface area contributed by atoms with Gasteiger partial charge in [-0.3, -0.25) is 0 Å². The molecule has 96 valence electrons. The number of rotatable bonds is 4. The minimum absolute atomic E-state index is 0.439. The fourth-order valence-electron chi connectivity index (χ4n) is 2.97. The third kappa shape index (κ3) is 1.85. The van der Waals surface area contributed by atoms with Gasteiger partial charge in [0.2, 0.25) is 5.95 Å². The highest BCUT2D eigenvalue weighted by molar-refractivity contribution is 5.29. The Morgan fingerprint density at radius 3 is 2.35 bits per heavy atom. The Bertz CT molecular complexity index is 401. The molecule has 1 saturated carbocycles. The second-order valence-electron chi connectivity index (χ2n) is 6.38. The molecular formula is C14H25N3. The van der Waals surface area contributed by atoms with Crippen molar-refractivity contribution in [2.75, 3.05) is 11.9 Å². The van der Waals surface area contributed by atoms with E-state index in [4.69, 9.17) is 0 Å². The van der Waals surface area contributed by atoms with Gasteiger partial charge in [0.1, 0.15) is 0 Å². The molecule has 0 amide bonds. The Hall–Kier alpha value is -0.990. The standard InChI is InChI=1S/C14H25N3/c1-7-15-12-16-10(2)8-17(12)9-11-13(3,4)14(11,5)6/h8,11H,7,9H2,1-6H3,(H,15,16). The first-order chi connectivity index (χ1) is 7.80. The van der Waals surface area contributed by atoms with E-state index in [1.54, 1.807) is 0 Å². The second kappa shape index (κ2) is 3.76. The minimum Gasteiger partial charge on any atom is -0.356 e. The molecule has 1 heterocycles. The van der Waals surface area contributed by atoms with Gasteiger partial charge in [0.25, 0.3) is 0 Å². The molecule has 1 aromatic rings. The molecule has 1 aliphatic carbocycles. The number of aromatic nitrogens is 2. The molecule has 1 fully saturated rings. The quantitative estimate of drug-likeness (QED) is 0.867. The van der Waals surface area contributed by atoms with E-state index in [0.29, 0.717) is 10.8 Å². The highest BCUT2D eigenvalue weighted by Crippen LogP contribution is 2.68. The normalized spacial score (nSPS) is 21.5. The van der Waals surface area contributed by atoms with E-state index in [9.17, 15) is 0 Å². The van der Waals surface area contributed by atoms with Crippen molar-refractivity contribution in [1.82, 2.24) is 9.55 Å². The number of hydrogen-bond donors (Lipinski definition) is 1. The molecule has 0 saturated heterocycles. The molecule has 0 aliphatic heterocycles. The summed E-state index contributed by atoms with van der Waals surface area (Å²) in [6.45, 7) is 15.6. The summed E-state index contributed by atoms with van der Waals surface area (Å²) in [5.74, 6) is 1.75. The second-order valence-corrected chi connectivity index (χ2v) is 6.38. The summed E-state index contributed by atoms with van der Waals surface area (Å²) in [4.78, 5) is 4.53. The van der Waals surface area contributed by atoms with E-state index >= 15 is 0 Å². The molecule has 17 heavy (non-hydrogen) atoms. The lowest BCUT2D eigenvalue weighted by atomic mass is 10.0. The number of hydrogen-bond acceptors (Lipinski definition) is 2. The summed E-state index contributed by atoms with van der Waals surface area (Å²) >= 11 is 0. The third-order valence-corrected chi connectivity index (χ3v) is 4.93. The fourth-order valence-corrected chi connectivity index (χ4v) is 2.97. The van der Waals surface area contributed by atoms with Gasteiger partial charge < -0.3 is 9.88 Å². The number of imidazole rings is 1. The van der Waals surface area contributed by atoms with Crippen molar-refractivity contribution in [1.29, 1.82) is 0 Å². The fraction of sp³-hybridized carbons (Fsp3) is 0.786. The van der Waals surface area contributed by atoms with Crippen molar-refractivity contribution in [3.05, 3.63) is 11.9 Å². The van der Waals surface area contributed by atoms with E-state index in [2.05, 4.69) is 62.6 Å². The number of nitrogens with zero attached hydrogens (tertiary/aromatic N) is 2. The number of anilines is 1.